The smallest absolute Gasteiger partial charge is 0.201 e. The van der Waals surface area contributed by atoms with Crippen molar-refractivity contribution in [3.8, 4) is 11.5 Å². The van der Waals surface area contributed by atoms with Crippen molar-refractivity contribution in [2.75, 3.05) is 0 Å². The molecule has 0 bridgehead atoms. The van der Waals surface area contributed by atoms with Crippen molar-refractivity contribution in [3.63, 3.8) is 0 Å². The summed E-state index contributed by atoms with van der Waals surface area (Å²) in [7, 11) is 0. The zero-order chi connectivity index (χ0) is 29.0. The molecule has 3 aliphatic rings. The van der Waals surface area contributed by atoms with Gasteiger partial charge in [-0.05, 0) is 37.6 Å². The van der Waals surface area contributed by atoms with Crippen molar-refractivity contribution >= 4 is 5.78 Å². The molecule has 0 saturated carbocycles. The Labute approximate surface area is 228 Å². The van der Waals surface area contributed by atoms with Gasteiger partial charge < -0.3 is 59.8 Å². The zero-order valence-corrected chi connectivity index (χ0v) is 21.6. The van der Waals surface area contributed by atoms with Crippen LogP contribution in [0.4, 0.5) is 0 Å². The normalized spacial score (nSPS) is 37.6. The Bertz CT molecular complexity index is 1270. The molecule has 13 nitrogen and oxygen atoms in total. The van der Waals surface area contributed by atoms with E-state index >= 15 is 0 Å². The first-order valence-corrected chi connectivity index (χ1v) is 12.8. The van der Waals surface area contributed by atoms with Crippen LogP contribution in [0.3, 0.4) is 0 Å². The van der Waals surface area contributed by atoms with Crippen molar-refractivity contribution in [1.82, 2.24) is 0 Å². The lowest BCUT2D eigenvalue weighted by atomic mass is 9.81. The Morgan fingerprint density at radius 1 is 0.725 bits per heavy atom. The minimum atomic E-state index is -1.66. The lowest BCUT2D eigenvalue weighted by Gasteiger charge is -2.41. The number of benzene rings is 2. The second-order valence-corrected chi connectivity index (χ2v) is 10.3. The summed E-state index contributed by atoms with van der Waals surface area (Å²) in [5.74, 6) is -1.51. The minimum absolute atomic E-state index is 0.126. The van der Waals surface area contributed by atoms with Crippen LogP contribution in [0.2, 0.25) is 0 Å². The highest BCUT2D eigenvalue weighted by molar-refractivity contribution is 6.15. The number of hydrogen-bond acceptors (Lipinski definition) is 13. The number of ether oxygens (including phenoxy) is 4. The van der Waals surface area contributed by atoms with E-state index in [4.69, 9.17) is 18.9 Å². The highest BCUT2D eigenvalue weighted by Gasteiger charge is 2.46. The van der Waals surface area contributed by atoms with E-state index in [1.165, 1.54) is 44.2 Å². The van der Waals surface area contributed by atoms with Crippen molar-refractivity contribution in [1.29, 1.82) is 0 Å². The molecule has 2 saturated heterocycles. The summed E-state index contributed by atoms with van der Waals surface area (Å²) in [5, 5.41) is 82.5. The average molecular weight is 565 g/mol. The van der Waals surface area contributed by atoms with Crippen LogP contribution in [0, 0.1) is 0 Å². The quantitative estimate of drug-likeness (QED) is 0.217. The highest BCUT2D eigenvalue weighted by Crippen LogP contribution is 2.45. The number of aliphatic hydroxyl groups excluding tert-OH is 6. The molecule has 218 valence electrons. The van der Waals surface area contributed by atoms with Gasteiger partial charge in [0.15, 0.2) is 12.6 Å². The third-order valence-corrected chi connectivity index (χ3v) is 7.60. The summed E-state index contributed by atoms with van der Waals surface area (Å²) in [5.41, 5.74) is 0.344. The third kappa shape index (κ3) is 4.88. The molecule has 0 amide bonds. The lowest BCUT2D eigenvalue weighted by molar-refractivity contribution is -0.301. The van der Waals surface area contributed by atoms with Crippen LogP contribution in [0.5, 0.6) is 11.5 Å². The number of rotatable bonds is 5. The van der Waals surface area contributed by atoms with E-state index in [1.54, 1.807) is 0 Å². The average Bonchev–Trinajstić information content (AvgIpc) is 2.92. The van der Waals surface area contributed by atoms with Gasteiger partial charge in [0.1, 0.15) is 54.2 Å². The minimum Gasteiger partial charge on any atom is -0.507 e. The number of carbonyl (C=O) groups is 1. The number of carbonyl (C=O) groups excluding carboxylic acids is 1. The van der Waals surface area contributed by atoms with Gasteiger partial charge in [0.2, 0.25) is 5.78 Å². The van der Waals surface area contributed by atoms with E-state index in [0.717, 1.165) is 0 Å². The predicted octanol–water partition coefficient (Wildman–Crippen LogP) is -1.08. The summed E-state index contributed by atoms with van der Waals surface area (Å²) >= 11 is 0. The van der Waals surface area contributed by atoms with E-state index in [9.17, 15) is 45.6 Å². The van der Waals surface area contributed by atoms with Gasteiger partial charge in [0, 0.05) is 11.1 Å². The number of aromatic hydroxyl groups is 2. The molecule has 11 atom stereocenters. The number of phenolic OH excluding ortho intramolecular Hbond substituents is 2. The molecule has 8 N–H and O–H groups in total. The van der Waals surface area contributed by atoms with Gasteiger partial charge in [-0.1, -0.05) is 12.1 Å². The second-order valence-electron chi connectivity index (χ2n) is 10.3. The summed E-state index contributed by atoms with van der Waals surface area (Å²) in [4.78, 5) is 13.4. The fourth-order valence-corrected chi connectivity index (χ4v) is 5.30. The highest BCUT2D eigenvalue weighted by atomic mass is 16.7. The van der Waals surface area contributed by atoms with Gasteiger partial charge >= 0.3 is 0 Å². The van der Waals surface area contributed by atoms with E-state index < -0.39 is 79.0 Å². The first-order chi connectivity index (χ1) is 18.9. The maximum Gasteiger partial charge on any atom is 0.201 e. The topological polar surface area (TPSA) is 216 Å². The number of ketones is 1. The molecule has 0 unspecified atom stereocenters. The summed E-state index contributed by atoms with van der Waals surface area (Å²) in [6.07, 6.45) is -14.7. The molecule has 0 radical (unpaired) electrons. The van der Waals surface area contributed by atoms with Gasteiger partial charge in [-0.3, -0.25) is 4.79 Å². The first-order valence-electron chi connectivity index (χ1n) is 12.8. The van der Waals surface area contributed by atoms with Crippen LogP contribution in [0.25, 0.3) is 0 Å². The van der Waals surface area contributed by atoms with Crippen LogP contribution in [-0.4, -0.2) is 108 Å². The van der Waals surface area contributed by atoms with Gasteiger partial charge in [-0.15, -0.1) is 0 Å². The van der Waals surface area contributed by atoms with E-state index in [2.05, 4.69) is 0 Å². The molecule has 40 heavy (non-hydrogen) atoms. The van der Waals surface area contributed by atoms with Crippen molar-refractivity contribution in [2.45, 2.75) is 88.0 Å². The molecule has 0 spiro atoms. The number of hydrogen-bond donors (Lipinski definition) is 8. The molecule has 13 heteroatoms. The van der Waals surface area contributed by atoms with Crippen molar-refractivity contribution in [3.05, 3.63) is 58.1 Å². The van der Waals surface area contributed by atoms with Crippen LogP contribution < -0.4 is 0 Å². The van der Waals surface area contributed by atoms with Gasteiger partial charge in [0.25, 0.3) is 0 Å². The van der Waals surface area contributed by atoms with Gasteiger partial charge in [-0.2, -0.15) is 0 Å². The van der Waals surface area contributed by atoms with E-state index in [1.807, 2.05) is 0 Å². The molecule has 2 aliphatic heterocycles. The Morgan fingerprint density at radius 2 is 1.30 bits per heavy atom. The van der Waals surface area contributed by atoms with Crippen LogP contribution >= 0.6 is 0 Å². The molecule has 2 fully saturated rings. The monoisotopic (exact) mass is 564 g/mol. The Morgan fingerprint density at radius 3 is 1.95 bits per heavy atom. The van der Waals surface area contributed by atoms with Gasteiger partial charge in [0.05, 0.1) is 29.9 Å². The largest absolute Gasteiger partial charge is 0.507 e. The molecule has 2 aromatic carbocycles. The first kappa shape index (κ1) is 28.8. The Kier molecular flexibility index (Phi) is 7.89. The molecular formula is C27H32O13. The van der Waals surface area contributed by atoms with Crippen molar-refractivity contribution < 1.29 is 64.6 Å². The molecule has 5 rings (SSSR count). The Balaban J connectivity index is 1.49. The number of phenols is 2. The predicted molar refractivity (Wildman–Crippen MR) is 132 cm³/mol. The maximum atomic E-state index is 13.4. The summed E-state index contributed by atoms with van der Waals surface area (Å²) in [6, 6.07) is 7.03. The SMILES string of the molecule is C[C@@H]1O[C@@H](OCc2cc(O)c3c(c2)[C@@H](O[C@@H]2O[C@@H](C)[C@H](O)[C@@H](O)[C@H]2O)c2cccc(O)c2C3=O)[C@H](O)[C@H](O)[C@H]1O. The number of fused-ring (bicyclic) bond motifs is 2. The standard InChI is InChI=1S/C27H32O13/c1-9-18(30)21(33)23(35)26(38-9)37-8-11-6-13-17(15(29)7-11)20(32)16-12(4-3-5-14(16)28)25(13)40-27-24(36)22(34)19(31)10(2)39-27/h3-7,9-10,18-19,21-31,33-36H,8H2,1-2H3/t9-,10-,18-,19-,21+,22+,23+,24+,25-,26+,27-/m0/s1. The fourth-order valence-electron chi connectivity index (χ4n) is 5.30. The lowest BCUT2D eigenvalue weighted by Crippen LogP contribution is -2.57. The van der Waals surface area contributed by atoms with E-state index in [-0.39, 0.29) is 34.6 Å². The maximum absolute atomic E-state index is 13.4. The molecule has 0 aromatic heterocycles. The molecule has 2 aromatic rings. The summed E-state index contributed by atoms with van der Waals surface area (Å²) < 4.78 is 22.7. The molecular weight excluding hydrogens is 532 g/mol. The molecule has 1 aliphatic carbocycles. The zero-order valence-electron chi connectivity index (χ0n) is 21.6. The third-order valence-electron chi connectivity index (χ3n) is 7.60. The van der Waals surface area contributed by atoms with E-state index in [0.29, 0.717) is 5.56 Å². The van der Waals surface area contributed by atoms with Gasteiger partial charge in [-0.25, -0.2) is 0 Å². The second kappa shape index (κ2) is 10.9. The van der Waals surface area contributed by atoms with Crippen LogP contribution in [0.15, 0.2) is 30.3 Å². The number of aliphatic hydroxyl groups is 6. The van der Waals surface area contributed by atoms with Crippen molar-refractivity contribution in [2.24, 2.45) is 0 Å². The van der Waals surface area contributed by atoms with Crippen LogP contribution in [0.1, 0.15) is 52.6 Å². The Hall–Kier alpha value is -2.69. The molecule has 2 heterocycles. The summed E-state index contributed by atoms with van der Waals surface area (Å²) in [6.45, 7) is 2.71. The van der Waals surface area contributed by atoms with Crippen LogP contribution in [-0.2, 0) is 25.6 Å². The fraction of sp³-hybridized carbons (Fsp3) is 0.519.